The fraction of sp³-hybridized carbons (Fsp3) is 0.250. The Balaban J connectivity index is 1.95. The van der Waals surface area contributed by atoms with Gasteiger partial charge in [0, 0.05) is 30.4 Å². The lowest BCUT2D eigenvalue weighted by molar-refractivity contribution is 0.0600. The standard InChI is InChI=1S/C16H17FN2O4S/c1-23-16(20)12-5-6-13(15(17)10-12)11-19-24(21,22)9-7-14-4-2-3-8-18-14/h2-6,8,10,19H,7,9,11H2,1H3. The highest BCUT2D eigenvalue weighted by Gasteiger charge is 2.14. The fourth-order valence-electron chi connectivity index (χ4n) is 1.98. The molecule has 0 aliphatic heterocycles. The van der Waals surface area contributed by atoms with Gasteiger partial charge >= 0.3 is 5.97 Å². The molecule has 0 bridgehead atoms. The molecule has 1 N–H and O–H groups in total. The fourth-order valence-corrected chi connectivity index (χ4v) is 2.98. The maximum atomic E-state index is 13.9. The van der Waals surface area contributed by atoms with Crippen LogP contribution in [-0.2, 0) is 27.7 Å². The molecule has 8 heteroatoms. The van der Waals surface area contributed by atoms with Crippen molar-refractivity contribution in [3.05, 3.63) is 65.2 Å². The third-order valence-corrected chi connectivity index (χ3v) is 4.64. The maximum Gasteiger partial charge on any atom is 0.337 e. The Labute approximate surface area is 139 Å². The average Bonchev–Trinajstić information content (AvgIpc) is 2.59. The molecule has 1 aromatic heterocycles. The SMILES string of the molecule is COC(=O)c1ccc(CNS(=O)(=O)CCc2ccccn2)c(F)c1. The van der Waals surface area contributed by atoms with E-state index in [-0.39, 0.29) is 29.8 Å². The van der Waals surface area contributed by atoms with Crippen LogP contribution in [0.1, 0.15) is 21.6 Å². The number of ether oxygens (including phenoxy) is 1. The van der Waals surface area contributed by atoms with E-state index >= 15 is 0 Å². The summed E-state index contributed by atoms with van der Waals surface area (Å²) in [4.78, 5) is 15.4. The predicted octanol–water partition coefficient (Wildman–Crippen LogP) is 1.67. The third kappa shape index (κ3) is 5.10. The first-order valence-corrected chi connectivity index (χ1v) is 8.80. The molecular weight excluding hydrogens is 335 g/mol. The minimum atomic E-state index is -3.57. The van der Waals surface area contributed by atoms with Gasteiger partial charge < -0.3 is 4.74 Å². The highest BCUT2D eigenvalue weighted by Crippen LogP contribution is 2.12. The maximum absolute atomic E-state index is 13.9. The number of benzene rings is 1. The molecule has 2 aromatic rings. The minimum Gasteiger partial charge on any atom is -0.465 e. The van der Waals surface area contributed by atoms with Crippen molar-refractivity contribution < 1.29 is 22.3 Å². The number of aryl methyl sites for hydroxylation is 1. The van der Waals surface area contributed by atoms with Gasteiger partial charge in [0.2, 0.25) is 10.0 Å². The first kappa shape index (κ1) is 18.0. The number of hydrogen-bond acceptors (Lipinski definition) is 5. The molecule has 0 saturated carbocycles. The zero-order valence-electron chi connectivity index (χ0n) is 13.0. The average molecular weight is 352 g/mol. The Bertz CT molecular complexity index is 810. The summed E-state index contributed by atoms with van der Waals surface area (Å²) in [5, 5.41) is 0. The molecule has 0 unspecified atom stereocenters. The lowest BCUT2D eigenvalue weighted by atomic mass is 10.1. The van der Waals surface area contributed by atoms with Crippen molar-refractivity contribution in [2.24, 2.45) is 0 Å². The van der Waals surface area contributed by atoms with Crippen molar-refractivity contribution in [2.75, 3.05) is 12.9 Å². The van der Waals surface area contributed by atoms with Crippen molar-refractivity contribution in [3.8, 4) is 0 Å². The minimum absolute atomic E-state index is 0.0664. The highest BCUT2D eigenvalue weighted by atomic mass is 32.2. The first-order chi connectivity index (χ1) is 11.4. The summed E-state index contributed by atoms with van der Waals surface area (Å²) in [7, 11) is -2.38. The van der Waals surface area contributed by atoms with Gasteiger partial charge in [0.05, 0.1) is 18.4 Å². The number of carbonyl (C=O) groups excluding carboxylic acids is 1. The summed E-state index contributed by atoms with van der Waals surface area (Å²) in [5.74, 6) is -1.48. The second-order valence-corrected chi connectivity index (χ2v) is 6.94. The van der Waals surface area contributed by atoms with E-state index in [0.717, 1.165) is 6.07 Å². The number of pyridine rings is 1. The molecule has 0 saturated heterocycles. The van der Waals surface area contributed by atoms with Gasteiger partial charge in [-0.15, -0.1) is 0 Å². The van der Waals surface area contributed by atoms with E-state index in [0.29, 0.717) is 5.69 Å². The summed E-state index contributed by atoms with van der Waals surface area (Å²) in [5.41, 5.74) is 0.873. The molecule has 6 nitrogen and oxygen atoms in total. The van der Waals surface area contributed by atoms with Crippen molar-refractivity contribution in [1.82, 2.24) is 9.71 Å². The van der Waals surface area contributed by atoms with E-state index in [1.54, 1.807) is 24.4 Å². The first-order valence-electron chi connectivity index (χ1n) is 7.15. The van der Waals surface area contributed by atoms with E-state index in [2.05, 4.69) is 14.4 Å². The number of nitrogens with zero attached hydrogens (tertiary/aromatic N) is 1. The number of esters is 1. The normalized spacial score (nSPS) is 11.2. The Morgan fingerprint density at radius 3 is 2.71 bits per heavy atom. The molecule has 0 aliphatic carbocycles. The van der Waals surface area contributed by atoms with Crippen LogP contribution >= 0.6 is 0 Å². The summed E-state index contributed by atoms with van der Waals surface area (Å²) >= 11 is 0. The van der Waals surface area contributed by atoms with Crippen molar-refractivity contribution in [2.45, 2.75) is 13.0 Å². The lowest BCUT2D eigenvalue weighted by Gasteiger charge is -2.08. The van der Waals surface area contributed by atoms with Gasteiger partial charge in [-0.3, -0.25) is 4.98 Å². The molecule has 0 radical (unpaired) electrons. The van der Waals surface area contributed by atoms with E-state index in [4.69, 9.17) is 0 Å². The van der Waals surface area contributed by atoms with Gasteiger partial charge in [0.25, 0.3) is 0 Å². The second kappa shape index (κ2) is 7.98. The van der Waals surface area contributed by atoms with Gasteiger partial charge in [-0.1, -0.05) is 12.1 Å². The van der Waals surface area contributed by atoms with Crippen LogP contribution in [0, 0.1) is 5.82 Å². The quantitative estimate of drug-likeness (QED) is 0.766. The summed E-state index contributed by atoms with van der Waals surface area (Å²) in [6.07, 6.45) is 1.85. The van der Waals surface area contributed by atoms with Crippen LogP contribution in [0.3, 0.4) is 0 Å². The number of halogens is 1. The van der Waals surface area contributed by atoms with Gasteiger partial charge in [-0.25, -0.2) is 22.3 Å². The molecule has 2 rings (SSSR count). The molecular formula is C16H17FN2O4S. The van der Waals surface area contributed by atoms with Crippen LogP contribution in [0.4, 0.5) is 4.39 Å². The number of methoxy groups -OCH3 is 1. The van der Waals surface area contributed by atoms with E-state index in [1.165, 1.54) is 19.2 Å². The van der Waals surface area contributed by atoms with Crippen molar-refractivity contribution in [3.63, 3.8) is 0 Å². The molecule has 1 aromatic carbocycles. The lowest BCUT2D eigenvalue weighted by Crippen LogP contribution is -2.27. The number of rotatable bonds is 7. The molecule has 0 fully saturated rings. The van der Waals surface area contributed by atoms with Crippen LogP contribution in [0.5, 0.6) is 0 Å². The molecule has 1 heterocycles. The summed E-state index contributed by atoms with van der Waals surface area (Å²) in [6, 6.07) is 9.01. The summed E-state index contributed by atoms with van der Waals surface area (Å²) < 4.78 is 44.7. The zero-order chi connectivity index (χ0) is 17.6. The Kier molecular flexibility index (Phi) is 5.99. The van der Waals surface area contributed by atoms with Crippen LogP contribution in [-0.4, -0.2) is 32.2 Å². The van der Waals surface area contributed by atoms with Gasteiger partial charge in [-0.2, -0.15) is 0 Å². The largest absolute Gasteiger partial charge is 0.465 e. The monoisotopic (exact) mass is 352 g/mol. The predicted molar refractivity (Wildman–Crippen MR) is 86.3 cm³/mol. The van der Waals surface area contributed by atoms with Crippen molar-refractivity contribution in [1.29, 1.82) is 0 Å². The number of hydrogen-bond donors (Lipinski definition) is 1. The van der Waals surface area contributed by atoms with Gasteiger partial charge in [0.1, 0.15) is 5.82 Å². The molecule has 0 spiro atoms. The number of aromatic nitrogens is 1. The molecule has 0 amide bonds. The zero-order valence-corrected chi connectivity index (χ0v) is 13.8. The van der Waals surface area contributed by atoms with E-state index < -0.39 is 21.8 Å². The molecule has 0 aliphatic rings. The topological polar surface area (TPSA) is 85.4 Å². The number of carbonyl (C=O) groups is 1. The third-order valence-electron chi connectivity index (χ3n) is 3.31. The van der Waals surface area contributed by atoms with Crippen LogP contribution in [0.25, 0.3) is 0 Å². The molecule has 128 valence electrons. The Hall–Kier alpha value is -2.32. The number of sulfonamides is 1. The second-order valence-electron chi connectivity index (χ2n) is 5.01. The van der Waals surface area contributed by atoms with E-state index in [1.807, 2.05) is 0 Å². The molecule has 24 heavy (non-hydrogen) atoms. The van der Waals surface area contributed by atoms with Crippen LogP contribution in [0.15, 0.2) is 42.6 Å². The Morgan fingerprint density at radius 1 is 1.29 bits per heavy atom. The molecule has 0 atom stereocenters. The van der Waals surface area contributed by atoms with Crippen molar-refractivity contribution >= 4 is 16.0 Å². The summed E-state index contributed by atoms with van der Waals surface area (Å²) in [6.45, 7) is -0.197. The Morgan fingerprint density at radius 2 is 2.08 bits per heavy atom. The van der Waals surface area contributed by atoms with Crippen LogP contribution in [0.2, 0.25) is 0 Å². The van der Waals surface area contributed by atoms with Crippen LogP contribution < -0.4 is 4.72 Å². The highest BCUT2D eigenvalue weighted by molar-refractivity contribution is 7.89. The smallest absolute Gasteiger partial charge is 0.337 e. The van der Waals surface area contributed by atoms with Gasteiger partial charge in [0.15, 0.2) is 0 Å². The van der Waals surface area contributed by atoms with Gasteiger partial charge in [-0.05, 0) is 24.3 Å². The van der Waals surface area contributed by atoms with E-state index in [9.17, 15) is 17.6 Å². The number of nitrogens with one attached hydrogen (secondary N) is 1.